The van der Waals surface area contributed by atoms with Gasteiger partial charge in [-0.3, -0.25) is 28.6 Å². The maximum Gasteiger partial charge on any atom is 0.303 e. The first-order chi connectivity index (χ1) is 19.0. The van der Waals surface area contributed by atoms with Crippen LogP contribution in [0.3, 0.4) is 0 Å². The maximum atomic E-state index is 12.8. The number of hydrogen-bond donors (Lipinski definition) is 0. The van der Waals surface area contributed by atoms with Crippen LogP contribution < -0.4 is 4.90 Å². The van der Waals surface area contributed by atoms with Gasteiger partial charge in [0.05, 0.1) is 12.4 Å². The fourth-order valence-corrected chi connectivity index (χ4v) is 4.99. The topological polar surface area (TPSA) is 152 Å². The molecule has 1 saturated heterocycles. The highest BCUT2D eigenvalue weighted by atomic mass is 79.9. The van der Waals surface area contributed by atoms with E-state index in [1.54, 1.807) is 0 Å². The standard InChI is InChI=1S/C26H28BrN5O8/c1-13(18-9-7-6-8-10-18)32(14(2)33)26-29-23(27)20-24(30-26)31(12-28-20)25-22(39-17(5)36)21(38-16(4)35)19(40-25)11-37-15(3)34/h6-10,12-13,19,21-22,25H,11H2,1-5H3/t13?,19-,21-,22-,25-/m1/s1. The number of anilines is 1. The second-order valence-electron chi connectivity index (χ2n) is 9.13. The van der Waals surface area contributed by atoms with Crippen molar-refractivity contribution in [3.05, 3.63) is 46.8 Å². The summed E-state index contributed by atoms with van der Waals surface area (Å²) in [4.78, 5) is 63.2. The molecule has 13 nitrogen and oxygen atoms in total. The Bertz CT molecular complexity index is 1430. The predicted octanol–water partition coefficient (Wildman–Crippen LogP) is 3.03. The highest BCUT2D eigenvalue weighted by Gasteiger charge is 2.51. The Morgan fingerprint density at radius 2 is 1.65 bits per heavy atom. The number of hydrogen-bond acceptors (Lipinski definition) is 11. The molecule has 0 aliphatic carbocycles. The van der Waals surface area contributed by atoms with Crippen LogP contribution in [0.15, 0.2) is 41.3 Å². The van der Waals surface area contributed by atoms with Crippen molar-refractivity contribution in [2.45, 2.75) is 65.2 Å². The Balaban J connectivity index is 1.80. The average molecular weight is 618 g/mol. The van der Waals surface area contributed by atoms with Crippen molar-refractivity contribution in [2.24, 2.45) is 0 Å². The summed E-state index contributed by atoms with van der Waals surface area (Å²) in [7, 11) is 0. The molecule has 1 aromatic carbocycles. The zero-order valence-corrected chi connectivity index (χ0v) is 24.0. The van der Waals surface area contributed by atoms with Gasteiger partial charge in [0.15, 0.2) is 24.1 Å². The molecule has 0 spiro atoms. The van der Waals surface area contributed by atoms with Crippen molar-refractivity contribution in [1.82, 2.24) is 19.5 Å². The summed E-state index contributed by atoms with van der Waals surface area (Å²) in [5.74, 6) is -2.05. The first kappa shape index (κ1) is 29.1. The van der Waals surface area contributed by atoms with Gasteiger partial charge >= 0.3 is 17.9 Å². The Kier molecular flexibility index (Phi) is 8.79. The highest BCUT2D eigenvalue weighted by molar-refractivity contribution is 9.10. The van der Waals surface area contributed by atoms with E-state index in [-0.39, 0.29) is 24.1 Å². The number of carbonyl (C=O) groups is 4. The number of benzene rings is 1. The first-order valence-corrected chi connectivity index (χ1v) is 13.1. The summed E-state index contributed by atoms with van der Waals surface area (Å²) in [6.07, 6.45) is -2.86. The fourth-order valence-electron chi connectivity index (χ4n) is 4.55. The molecule has 4 rings (SSSR count). The van der Waals surface area contributed by atoms with Crippen molar-refractivity contribution >= 4 is 56.9 Å². The fraction of sp³-hybridized carbons (Fsp3) is 0.423. The molecule has 40 heavy (non-hydrogen) atoms. The van der Waals surface area contributed by atoms with Crippen LogP contribution in [-0.4, -0.2) is 68.3 Å². The summed E-state index contributed by atoms with van der Waals surface area (Å²) in [5, 5.41) is 0. The first-order valence-electron chi connectivity index (χ1n) is 12.4. The van der Waals surface area contributed by atoms with Gasteiger partial charge in [0.2, 0.25) is 11.9 Å². The van der Waals surface area contributed by atoms with Crippen LogP contribution in [0.25, 0.3) is 11.2 Å². The van der Waals surface area contributed by atoms with Crippen molar-refractivity contribution in [3.63, 3.8) is 0 Å². The van der Waals surface area contributed by atoms with Gasteiger partial charge < -0.3 is 18.9 Å². The molecule has 1 aliphatic rings. The van der Waals surface area contributed by atoms with E-state index in [2.05, 4.69) is 30.9 Å². The Hall–Kier alpha value is -3.91. The zero-order chi connectivity index (χ0) is 29.1. The van der Waals surface area contributed by atoms with Crippen LogP contribution in [0.5, 0.6) is 0 Å². The summed E-state index contributed by atoms with van der Waals surface area (Å²) in [6, 6.07) is 9.01. The summed E-state index contributed by atoms with van der Waals surface area (Å²) in [5.41, 5.74) is 1.47. The summed E-state index contributed by atoms with van der Waals surface area (Å²) >= 11 is 3.43. The lowest BCUT2D eigenvalue weighted by atomic mass is 10.1. The predicted molar refractivity (Wildman–Crippen MR) is 143 cm³/mol. The van der Waals surface area contributed by atoms with E-state index < -0.39 is 48.5 Å². The van der Waals surface area contributed by atoms with Crippen molar-refractivity contribution in [3.8, 4) is 0 Å². The van der Waals surface area contributed by atoms with Gasteiger partial charge in [0.1, 0.15) is 22.8 Å². The molecule has 5 atom stereocenters. The molecule has 1 fully saturated rings. The molecule has 1 amide bonds. The van der Waals surface area contributed by atoms with Gasteiger partial charge in [0, 0.05) is 27.7 Å². The SMILES string of the molecule is CC(=O)OC[C@H]1O[C@@H](n2cnc3c(Br)nc(N(C(C)=O)C(C)c4ccccc4)nc32)[C@H](OC(C)=O)[C@@H]1OC(C)=O. The number of nitrogens with zero attached hydrogens (tertiary/aromatic N) is 5. The van der Waals surface area contributed by atoms with Gasteiger partial charge in [-0.2, -0.15) is 4.98 Å². The van der Waals surface area contributed by atoms with Crippen LogP contribution in [-0.2, 0) is 38.1 Å². The van der Waals surface area contributed by atoms with E-state index in [4.69, 9.17) is 18.9 Å². The smallest absolute Gasteiger partial charge is 0.303 e. The molecule has 1 unspecified atom stereocenters. The minimum atomic E-state index is -1.14. The third-order valence-corrected chi connectivity index (χ3v) is 6.76. The third-order valence-electron chi connectivity index (χ3n) is 6.21. The van der Waals surface area contributed by atoms with E-state index in [1.165, 1.54) is 43.5 Å². The van der Waals surface area contributed by atoms with E-state index >= 15 is 0 Å². The number of ether oxygens (including phenoxy) is 4. The lowest BCUT2D eigenvalue weighted by molar-refractivity contribution is -0.166. The Morgan fingerprint density at radius 3 is 2.25 bits per heavy atom. The van der Waals surface area contributed by atoms with Crippen LogP contribution in [0.1, 0.15) is 52.5 Å². The lowest BCUT2D eigenvalue weighted by Gasteiger charge is -2.27. The molecule has 0 saturated carbocycles. The van der Waals surface area contributed by atoms with E-state index in [0.29, 0.717) is 10.1 Å². The number of rotatable bonds is 8. The van der Waals surface area contributed by atoms with Crippen LogP contribution in [0.2, 0.25) is 0 Å². The molecule has 212 valence electrons. The minimum Gasteiger partial charge on any atom is -0.463 e. The molecule has 1 aliphatic heterocycles. The molecular weight excluding hydrogens is 590 g/mol. The van der Waals surface area contributed by atoms with Crippen LogP contribution in [0.4, 0.5) is 5.95 Å². The largest absolute Gasteiger partial charge is 0.463 e. The highest BCUT2D eigenvalue weighted by Crippen LogP contribution is 2.37. The molecule has 0 radical (unpaired) electrons. The molecule has 2 aromatic heterocycles. The Morgan fingerprint density at radius 1 is 1.00 bits per heavy atom. The molecule has 3 aromatic rings. The number of carbonyl (C=O) groups excluding carboxylic acids is 4. The number of amides is 1. The van der Waals surface area contributed by atoms with Crippen molar-refractivity contribution < 1.29 is 38.1 Å². The molecule has 0 bridgehead atoms. The van der Waals surface area contributed by atoms with Gasteiger partial charge in [-0.05, 0) is 28.4 Å². The number of fused-ring (bicyclic) bond motifs is 1. The van der Waals surface area contributed by atoms with Gasteiger partial charge in [-0.15, -0.1) is 0 Å². The maximum absolute atomic E-state index is 12.8. The lowest BCUT2D eigenvalue weighted by Crippen LogP contribution is -2.40. The molecule has 14 heteroatoms. The second kappa shape index (κ2) is 12.1. The van der Waals surface area contributed by atoms with Crippen molar-refractivity contribution in [1.29, 1.82) is 0 Å². The monoisotopic (exact) mass is 617 g/mol. The van der Waals surface area contributed by atoms with E-state index in [9.17, 15) is 19.2 Å². The number of halogens is 1. The number of esters is 3. The van der Waals surface area contributed by atoms with Gasteiger partial charge in [-0.25, -0.2) is 9.97 Å². The zero-order valence-electron chi connectivity index (χ0n) is 22.4. The van der Waals surface area contributed by atoms with E-state index in [1.807, 2.05) is 37.3 Å². The second-order valence-corrected chi connectivity index (χ2v) is 9.88. The molecule has 0 N–H and O–H groups in total. The quantitative estimate of drug-likeness (QED) is 0.208. The van der Waals surface area contributed by atoms with Gasteiger partial charge in [0.25, 0.3) is 0 Å². The summed E-state index contributed by atoms with van der Waals surface area (Å²) in [6.45, 7) is 6.65. The molecular formula is C26H28BrN5O8. The van der Waals surface area contributed by atoms with Crippen LogP contribution in [0, 0.1) is 0 Å². The number of imidazole rings is 1. The van der Waals surface area contributed by atoms with Gasteiger partial charge in [-0.1, -0.05) is 30.3 Å². The van der Waals surface area contributed by atoms with Crippen LogP contribution >= 0.6 is 15.9 Å². The summed E-state index contributed by atoms with van der Waals surface area (Å²) < 4.78 is 24.0. The van der Waals surface area contributed by atoms with E-state index in [0.717, 1.165) is 5.56 Å². The Labute approximate surface area is 237 Å². The average Bonchev–Trinajstić information content (AvgIpc) is 3.44. The molecule has 3 heterocycles. The van der Waals surface area contributed by atoms with Crippen molar-refractivity contribution in [2.75, 3.05) is 11.5 Å². The third kappa shape index (κ3) is 6.12. The normalized spacial score (nSPS) is 21.1. The number of aromatic nitrogens is 4. The minimum absolute atomic E-state index is 0.0972.